The van der Waals surface area contributed by atoms with Crippen LogP contribution in [0.1, 0.15) is 25.3 Å². The molecule has 1 saturated heterocycles. The van der Waals surface area contributed by atoms with E-state index in [-0.39, 0.29) is 17.8 Å². The first kappa shape index (κ1) is 15.8. The molecule has 0 saturated carbocycles. The number of ether oxygens (including phenoxy) is 1. The zero-order chi connectivity index (χ0) is 15.2. The van der Waals surface area contributed by atoms with Crippen LogP contribution in [0.15, 0.2) is 24.3 Å². The Bertz CT molecular complexity index is 501. The Morgan fingerprint density at radius 3 is 2.71 bits per heavy atom. The highest BCUT2D eigenvalue weighted by molar-refractivity contribution is 6.30. The Morgan fingerprint density at radius 1 is 1.33 bits per heavy atom. The first-order chi connectivity index (χ1) is 10.1. The molecule has 114 valence electrons. The fourth-order valence-electron chi connectivity index (χ4n) is 2.54. The van der Waals surface area contributed by atoms with Crippen molar-refractivity contribution in [1.82, 2.24) is 4.90 Å². The molecular formula is C16H20ClNO3. The molecule has 1 fully saturated rings. The van der Waals surface area contributed by atoms with Gasteiger partial charge in [-0.25, -0.2) is 0 Å². The molecule has 1 aromatic rings. The van der Waals surface area contributed by atoms with Gasteiger partial charge in [0.05, 0.1) is 18.9 Å². The molecule has 0 N–H and O–H groups in total. The molecule has 0 aliphatic carbocycles. The van der Waals surface area contributed by atoms with Gasteiger partial charge in [-0.3, -0.25) is 9.59 Å². The fourth-order valence-corrected chi connectivity index (χ4v) is 2.67. The SMILES string of the molecule is CCOC(=O)[C@@H]1CCCN(C(=O)Cc2ccc(Cl)cc2)C1. The molecule has 0 bridgehead atoms. The summed E-state index contributed by atoms with van der Waals surface area (Å²) in [4.78, 5) is 25.9. The van der Waals surface area contributed by atoms with Gasteiger partial charge < -0.3 is 9.64 Å². The Morgan fingerprint density at radius 2 is 2.05 bits per heavy atom. The van der Waals surface area contributed by atoms with Crippen LogP contribution < -0.4 is 0 Å². The Kier molecular flexibility index (Phi) is 5.62. The van der Waals surface area contributed by atoms with E-state index in [9.17, 15) is 9.59 Å². The molecule has 2 rings (SSSR count). The largest absolute Gasteiger partial charge is 0.466 e. The summed E-state index contributed by atoms with van der Waals surface area (Å²) in [6.45, 7) is 3.35. The monoisotopic (exact) mass is 309 g/mol. The number of rotatable bonds is 4. The van der Waals surface area contributed by atoms with E-state index in [2.05, 4.69) is 0 Å². The zero-order valence-corrected chi connectivity index (χ0v) is 12.9. The molecule has 1 heterocycles. The van der Waals surface area contributed by atoms with Gasteiger partial charge in [0.2, 0.25) is 5.91 Å². The highest BCUT2D eigenvalue weighted by Crippen LogP contribution is 2.19. The Labute approximate surface area is 130 Å². The molecule has 1 aliphatic heterocycles. The second-order valence-electron chi connectivity index (χ2n) is 5.23. The van der Waals surface area contributed by atoms with Crippen molar-refractivity contribution in [2.75, 3.05) is 19.7 Å². The molecule has 1 atom stereocenters. The van der Waals surface area contributed by atoms with Crippen molar-refractivity contribution >= 4 is 23.5 Å². The van der Waals surface area contributed by atoms with Crippen LogP contribution in [-0.2, 0) is 20.7 Å². The van der Waals surface area contributed by atoms with Crippen molar-refractivity contribution in [3.05, 3.63) is 34.9 Å². The third-order valence-electron chi connectivity index (χ3n) is 3.66. The first-order valence-electron chi connectivity index (χ1n) is 7.29. The maximum Gasteiger partial charge on any atom is 0.310 e. The lowest BCUT2D eigenvalue weighted by molar-refractivity contribution is -0.151. The summed E-state index contributed by atoms with van der Waals surface area (Å²) in [7, 11) is 0. The molecule has 1 amide bonds. The van der Waals surface area contributed by atoms with E-state index < -0.39 is 0 Å². The average Bonchev–Trinajstić information content (AvgIpc) is 2.50. The number of likely N-dealkylation sites (tertiary alicyclic amines) is 1. The number of benzene rings is 1. The summed E-state index contributed by atoms with van der Waals surface area (Å²) in [6.07, 6.45) is 1.98. The third kappa shape index (κ3) is 4.46. The first-order valence-corrected chi connectivity index (χ1v) is 7.66. The molecule has 5 heteroatoms. The molecular weight excluding hydrogens is 290 g/mol. The number of halogens is 1. The van der Waals surface area contributed by atoms with Crippen LogP contribution in [-0.4, -0.2) is 36.5 Å². The van der Waals surface area contributed by atoms with E-state index in [0.717, 1.165) is 18.4 Å². The molecule has 0 spiro atoms. The normalized spacial score (nSPS) is 18.4. The van der Waals surface area contributed by atoms with E-state index >= 15 is 0 Å². The van der Waals surface area contributed by atoms with Gasteiger partial charge in [0.15, 0.2) is 0 Å². The lowest BCUT2D eigenvalue weighted by Crippen LogP contribution is -2.43. The second kappa shape index (κ2) is 7.46. The second-order valence-corrected chi connectivity index (χ2v) is 5.67. The van der Waals surface area contributed by atoms with Gasteiger partial charge in [0.25, 0.3) is 0 Å². The Balaban J connectivity index is 1.92. The van der Waals surface area contributed by atoms with Gasteiger partial charge in [-0.1, -0.05) is 23.7 Å². The van der Waals surface area contributed by atoms with Gasteiger partial charge in [-0.15, -0.1) is 0 Å². The van der Waals surface area contributed by atoms with Crippen molar-refractivity contribution in [1.29, 1.82) is 0 Å². The number of piperidine rings is 1. The van der Waals surface area contributed by atoms with Crippen LogP contribution in [0.4, 0.5) is 0 Å². The minimum absolute atomic E-state index is 0.0475. The molecule has 0 unspecified atom stereocenters. The lowest BCUT2D eigenvalue weighted by atomic mass is 9.97. The van der Waals surface area contributed by atoms with Gasteiger partial charge in [-0.05, 0) is 37.5 Å². The van der Waals surface area contributed by atoms with Crippen molar-refractivity contribution in [3.63, 3.8) is 0 Å². The topological polar surface area (TPSA) is 46.6 Å². The van der Waals surface area contributed by atoms with E-state index in [4.69, 9.17) is 16.3 Å². The number of esters is 1. The molecule has 0 radical (unpaired) electrons. The maximum absolute atomic E-state index is 12.3. The Hall–Kier alpha value is -1.55. The molecule has 0 aromatic heterocycles. The minimum atomic E-state index is -0.193. The van der Waals surface area contributed by atoms with Crippen molar-refractivity contribution < 1.29 is 14.3 Å². The van der Waals surface area contributed by atoms with E-state index in [1.807, 2.05) is 12.1 Å². The summed E-state index contributed by atoms with van der Waals surface area (Å²) in [5.74, 6) is -0.333. The molecule has 4 nitrogen and oxygen atoms in total. The van der Waals surface area contributed by atoms with Crippen LogP contribution in [0.25, 0.3) is 0 Å². The van der Waals surface area contributed by atoms with Crippen LogP contribution in [0.3, 0.4) is 0 Å². The summed E-state index contributed by atoms with van der Waals surface area (Å²) in [5, 5.41) is 0.659. The zero-order valence-electron chi connectivity index (χ0n) is 12.2. The predicted molar refractivity (Wildman–Crippen MR) is 81.1 cm³/mol. The number of hydrogen-bond donors (Lipinski definition) is 0. The predicted octanol–water partition coefficient (Wildman–Crippen LogP) is 2.68. The lowest BCUT2D eigenvalue weighted by Gasteiger charge is -2.31. The summed E-state index contributed by atoms with van der Waals surface area (Å²) in [5.41, 5.74) is 0.933. The quantitative estimate of drug-likeness (QED) is 0.803. The number of hydrogen-bond acceptors (Lipinski definition) is 3. The van der Waals surface area contributed by atoms with Crippen molar-refractivity contribution in [3.8, 4) is 0 Å². The highest BCUT2D eigenvalue weighted by atomic mass is 35.5. The molecule has 1 aromatic carbocycles. The molecule has 21 heavy (non-hydrogen) atoms. The van der Waals surface area contributed by atoms with Crippen LogP contribution in [0.5, 0.6) is 0 Å². The van der Waals surface area contributed by atoms with E-state index in [0.29, 0.717) is 31.1 Å². The summed E-state index contributed by atoms with van der Waals surface area (Å²) >= 11 is 5.83. The minimum Gasteiger partial charge on any atom is -0.466 e. The number of carbonyl (C=O) groups is 2. The maximum atomic E-state index is 12.3. The average molecular weight is 310 g/mol. The van der Waals surface area contributed by atoms with E-state index in [1.165, 1.54) is 0 Å². The summed E-state index contributed by atoms with van der Waals surface area (Å²) < 4.78 is 5.05. The van der Waals surface area contributed by atoms with Crippen LogP contribution >= 0.6 is 11.6 Å². The standard InChI is InChI=1S/C16H20ClNO3/c1-2-21-16(20)13-4-3-9-18(11-13)15(19)10-12-5-7-14(17)8-6-12/h5-8,13H,2-4,9-11H2,1H3/t13-/m1/s1. The van der Waals surface area contributed by atoms with Gasteiger partial charge >= 0.3 is 5.97 Å². The van der Waals surface area contributed by atoms with Crippen molar-refractivity contribution in [2.45, 2.75) is 26.2 Å². The molecule has 1 aliphatic rings. The van der Waals surface area contributed by atoms with Gasteiger partial charge in [-0.2, -0.15) is 0 Å². The van der Waals surface area contributed by atoms with Crippen molar-refractivity contribution in [2.24, 2.45) is 5.92 Å². The number of nitrogens with zero attached hydrogens (tertiary/aromatic N) is 1. The third-order valence-corrected chi connectivity index (χ3v) is 3.91. The van der Waals surface area contributed by atoms with Gasteiger partial charge in [0.1, 0.15) is 0 Å². The highest BCUT2D eigenvalue weighted by Gasteiger charge is 2.29. The fraction of sp³-hybridized carbons (Fsp3) is 0.500. The van der Waals surface area contributed by atoms with Crippen LogP contribution in [0, 0.1) is 5.92 Å². The van der Waals surface area contributed by atoms with Crippen LogP contribution in [0.2, 0.25) is 5.02 Å². The smallest absolute Gasteiger partial charge is 0.310 e. The van der Waals surface area contributed by atoms with Gasteiger partial charge in [0, 0.05) is 18.1 Å². The number of amides is 1. The number of carbonyl (C=O) groups excluding carboxylic acids is 2. The van der Waals surface area contributed by atoms with E-state index in [1.54, 1.807) is 24.0 Å². The summed E-state index contributed by atoms with van der Waals surface area (Å²) in [6, 6.07) is 7.27.